The fourth-order valence-corrected chi connectivity index (χ4v) is 4.78. The zero-order chi connectivity index (χ0) is 25.0. The summed E-state index contributed by atoms with van der Waals surface area (Å²) in [5, 5.41) is 14.7. The highest BCUT2D eigenvalue weighted by Crippen LogP contribution is 2.53. The second kappa shape index (κ2) is 7.84. The van der Waals surface area contributed by atoms with Crippen LogP contribution in [0, 0.1) is 11.3 Å². The first-order valence-electron chi connectivity index (χ1n) is 10.6. The molecule has 2 aromatic heterocycles. The first-order valence-corrected chi connectivity index (χ1v) is 10.6. The van der Waals surface area contributed by atoms with E-state index in [0.29, 0.717) is 33.7 Å². The van der Waals surface area contributed by atoms with Gasteiger partial charge < -0.3 is 20.2 Å². The van der Waals surface area contributed by atoms with E-state index in [1.807, 2.05) is 0 Å². The van der Waals surface area contributed by atoms with E-state index in [2.05, 4.69) is 10.1 Å². The number of nitrogens with zero attached hydrogens (tertiary/aromatic N) is 3. The number of methoxy groups -OCH3 is 2. The molecule has 0 amide bonds. The summed E-state index contributed by atoms with van der Waals surface area (Å²) in [4.78, 5) is 2.90. The highest BCUT2D eigenvalue weighted by Gasteiger charge is 2.62. The van der Waals surface area contributed by atoms with Gasteiger partial charge in [0.2, 0.25) is 0 Å². The maximum absolute atomic E-state index is 15.0. The Morgan fingerprint density at radius 1 is 1.11 bits per heavy atom. The average Bonchev–Trinajstić information content (AvgIpc) is 3.47. The highest BCUT2D eigenvalue weighted by atomic mass is 19.4. The van der Waals surface area contributed by atoms with Gasteiger partial charge in [0.25, 0.3) is 0 Å². The number of hydrogen-bond acceptors (Lipinski definition) is 5. The highest BCUT2D eigenvalue weighted by molar-refractivity contribution is 5.86. The lowest BCUT2D eigenvalue weighted by molar-refractivity contribution is -0.178. The number of ether oxygens (including phenoxy) is 2. The Bertz CT molecular complexity index is 1530. The van der Waals surface area contributed by atoms with Crippen molar-refractivity contribution < 1.29 is 22.6 Å². The van der Waals surface area contributed by atoms with Crippen LogP contribution in [-0.2, 0) is 11.8 Å². The molecule has 1 atom stereocenters. The first-order chi connectivity index (χ1) is 16.7. The SMILES string of the molecule is COc1ccc(-c2cc3n(n2)C(N)=C(C#N)C(c2c[nH]c4ccccc24)(C(F)(F)F)C3)cc1OC. The number of fused-ring (bicyclic) bond motifs is 2. The van der Waals surface area contributed by atoms with Crippen LogP contribution in [0.1, 0.15) is 11.3 Å². The smallest absolute Gasteiger partial charge is 0.403 e. The van der Waals surface area contributed by atoms with Crippen molar-refractivity contribution in [2.24, 2.45) is 5.73 Å². The number of halogens is 3. The molecule has 0 fully saturated rings. The Labute approximate surface area is 198 Å². The number of aromatic nitrogens is 3. The van der Waals surface area contributed by atoms with Gasteiger partial charge in [0, 0.05) is 34.8 Å². The number of para-hydroxylation sites is 1. The van der Waals surface area contributed by atoms with Crippen LogP contribution < -0.4 is 15.2 Å². The summed E-state index contributed by atoms with van der Waals surface area (Å²) in [6, 6.07) is 15.0. The number of nitriles is 1. The van der Waals surface area contributed by atoms with Gasteiger partial charge in [-0.2, -0.15) is 23.5 Å². The third kappa shape index (κ3) is 3.15. The van der Waals surface area contributed by atoms with Crippen molar-refractivity contribution in [1.82, 2.24) is 14.8 Å². The molecule has 1 aliphatic rings. The molecular formula is C25H20F3N5O2. The molecular weight excluding hydrogens is 459 g/mol. The van der Waals surface area contributed by atoms with Gasteiger partial charge >= 0.3 is 6.18 Å². The molecule has 2 aromatic carbocycles. The van der Waals surface area contributed by atoms with Crippen molar-refractivity contribution in [3.8, 4) is 28.8 Å². The summed E-state index contributed by atoms with van der Waals surface area (Å²) in [6.45, 7) is 0. The quantitative estimate of drug-likeness (QED) is 0.440. The standard InChI is InChI=1S/C25H20F3N5O2/c1-34-21-8-7-14(9-22(21)35-2)20-10-15-11-24(25(26,27)28,17(12-29)23(30)33(15)32-20)18-13-31-19-6-4-3-5-16(18)19/h3-10,13,31H,11,30H2,1-2H3. The van der Waals surface area contributed by atoms with Crippen LogP contribution in [0.2, 0.25) is 0 Å². The molecule has 0 saturated carbocycles. The Kier molecular flexibility index (Phi) is 5.02. The minimum atomic E-state index is -4.81. The van der Waals surface area contributed by atoms with Crippen LogP contribution in [0.3, 0.4) is 0 Å². The van der Waals surface area contributed by atoms with E-state index in [4.69, 9.17) is 15.2 Å². The number of hydrogen-bond donors (Lipinski definition) is 2. The van der Waals surface area contributed by atoms with E-state index >= 15 is 0 Å². The fraction of sp³-hybridized carbons (Fsp3) is 0.200. The third-order valence-electron chi connectivity index (χ3n) is 6.46. The number of rotatable bonds is 4. The van der Waals surface area contributed by atoms with E-state index in [9.17, 15) is 18.4 Å². The topological polar surface area (TPSA) is 102 Å². The predicted molar refractivity (Wildman–Crippen MR) is 124 cm³/mol. The predicted octanol–water partition coefficient (Wildman–Crippen LogP) is 4.76. The summed E-state index contributed by atoms with van der Waals surface area (Å²) < 4.78 is 56.8. The molecule has 0 saturated heterocycles. The van der Waals surface area contributed by atoms with Crippen molar-refractivity contribution in [2.75, 3.05) is 14.2 Å². The maximum Gasteiger partial charge on any atom is 0.403 e. The molecule has 178 valence electrons. The van der Waals surface area contributed by atoms with E-state index in [1.165, 1.54) is 25.1 Å². The average molecular weight is 479 g/mol. The summed E-state index contributed by atoms with van der Waals surface area (Å²) in [5.41, 5.74) is 4.68. The first kappa shape index (κ1) is 22.4. The Hall–Kier alpha value is -4.39. The Morgan fingerprint density at radius 3 is 2.54 bits per heavy atom. The lowest BCUT2D eigenvalue weighted by Gasteiger charge is -2.38. The van der Waals surface area contributed by atoms with Crippen molar-refractivity contribution in [3.05, 3.63) is 71.6 Å². The lowest BCUT2D eigenvalue weighted by Crippen LogP contribution is -2.49. The normalized spacial score (nSPS) is 17.8. The molecule has 10 heteroatoms. The van der Waals surface area contributed by atoms with Gasteiger partial charge in [0.1, 0.15) is 11.2 Å². The molecule has 4 aromatic rings. The van der Waals surface area contributed by atoms with E-state index in [1.54, 1.807) is 54.6 Å². The van der Waals surface area contributed by atoms with Gasteiger partial charge in [-0.1, -0.05) is 18.2 Å². The molecule has 35 heavy (non-hydrogen) atoms. The summed E-state index contributed by atoms with van der Waals surface area (Å²) in [5.74, 6) is 0.588. The zero-order valence-electron chi connectivity index (χ0n) is 18.8. The second-order valence-corrected chi connectivity index (χ2v) is 8.20. The summed E-state index contributed by atoms with van der Waals surface area (Å²) >= 11 is 0. The Morgan fingerprint density at radius 2 is 1.86 bits per heavy atom. The van der Waals surface area contributed by atoms with Gasteiger partial charge in [-0.15, -0.1) is 0 Å². The number of alkyl halides is 3. The molecule has 7 nitrogen and oxygen atoms in total. The molecule has 1 unspecified atom stereocenters. The molecule has 0 bridgehead atoms. The number of allylic oxidation sites excluding steroid dienone is 1. The van der Waals surface area contributed by atoms with Gasteiger partial charge in [0.15, 0.2) is 11.5 Å². The molecule has 3 N–H and O–H groups in total. The van der Waals surface area contributed by atoms with Gasteiger partial charge in [-0.3, -0.25) is 0 Å². The maximum atomic E-state index is 15.0. The van der Waals surface area contributed by atoms with Crippen molar-refractivity contribution in [3.63, 3.8) is 0 Å². The molecule has 3 heterocycles. The van der Waals surface area contributed by atoms with E-state index in [0.717, 1.165) is 0 Å². The van der Waals surface area contributed by atoms with Crippen molar-refractivity contribution in [1.29, 1.82) is 5.26 Å². The summed E-state index contributed by atoms with van der Waals surface area (Å²) in [7, 11) is 2.99. The van der Waals surface area contributed by atoms with E-state index in [-0.39, 0.29) is 17.1 Å². The molecule has 1 aliphatic heterocycles. The number of nitrogens with two attached hydrogens (primary N) is 1. The molecule has 0 spiro atoms. The van der Waals surface area contributed by atoms with Gasteiger partial charge in [0.05, 0.1) is 31.6 Å². The second-order valence-electron chi connectivity index (χ2n) is 8.20. The van der Waals surface area contributed by atoms with Crippen molar-refractivity contribution >= 4 is 16.7 Å². The third-order valence-corrected chi connectivity index (χ3v) is 6.46. The van der Waals surface area contributed by atoms with Crippen LogP contribution in [0.5, 0.6) is 11.5 Å². The largest absolute Gasteiger partial charge is 0.493 e. The van der Waals surface area contributed by atoms with Crippen LogP contribution in [-0.4, -0.2) is 35.2 Å². The minimum absolute atomic E-state index is 0.0554. The fourth-order valence-electron chi connectivity index (χ4n) is 4.78. The number of benzene rings is 2. The minimum Gasteiger partial charge on any atom is -0.493 e. The van der Waals surface area contributed by atoms with Gasteiger partial charge in [-0.25, -0.2) is 4.68 Å². The van der Waals surface area contributed by atoms with Crippen LogP contribution in [0.4, 0.5) is 13.2 Å². The monoisotopic (exact) mass is 479 g/mol. The number of aromatic amines is 1. The van der Waals surface area contributed by atoms with Crippen LogP contribution in [0.15, 0.2) is 60.3 Å². The number of H-pyrrole nitrogens is 1. The number of nitrogens with one attached hydrogen (secondary N) is 1. The van der Waals surface area contributed by atoms with Crippen molar-refractivity contribution in [2.45, 2.75) is 18.0 Å². The van der Waals surface area contributed by atoms with Crippen LogP contribution in [0.25, 0.3) is 28.0 Å². The van der Waals surface area contributed by atoms with E-state index < -0.39 is 23.6 Å². The van der Waals surface area contributed by atoms with Gasteiger partial charge in [-0.05, 0) is 35.9 Å². The van der Waals surface area contributed by atoms with Crippen LogP contribution >= 0.6 is 0 Å². The molecule has 0 radical (unpaired) electrons. The molecule has 5 rings (SSSR count). The lowest BCUT2D eigenvalue weighted by atomic mass is 9.69. The zero-order valence-corrected chi connectivity index (χ0v) is 18.8. The summed E-state index contributed by atoms with van der Waals surface area (Å²) in [6.07, 6.45) is -4.04. The molecule has 0 aliphatic carbocycles. The Balaban J connectivity index is 1.73.